The maximum absolute atomic E-state index is 14.4. The number of aliphatic hydroxyl groups is 1. The molecule has 9 N–H and O–H groups in total. The van der Waals surface area contributed by atoms with Crippen molar-refractivity contribution in [3.63, 3.8) is 0 Å². The van der Waals surface area contributed by atoms with E-state index in [-0.39, 0.29) is 124 Å². The standard InChI is InChI=1S/C77H98N16O14S/c1-46(2)68(75(102)92-43-56(94)37-61(92)73(100)81-48(5)52-19-21-53(22-20-52)70-49(6)80-45-108-70)63-39-65(87-107-63)105-36-35-88-31-27-50(28-32-88)40-89-33-34-90-55(41-89)42-93(71-60(90)38-59(85-86-71)57-13-9-10-15-62(57)95)77(104)106-44-51-17-23-54(24-18-51)82-72(99)58(14-12-29-79-76(78)103)83-74(101)69(47(3)4)84-64(96)16-8-7-11-30-91-66(97)25-26-67(91)98/h9-10,13,15,17-26,38-39,45-48,50,55-56,58,61,68-69,94-95H,7-8,11-12,14,16,27-37,40-44H2,1-6H3,(H,81,100)(H,82,99)(H,83,101)(H,84,96)(H3,78,79,103)/t48-,55+,56+,58-,61-,68+,69-/m0/s1. The Kier molecular flexibility index (Phi) is 26.6. The summed E-state index contributed by atoms with van der Waals surface area (Å²) in [5.41, 5.74) is 12.6. The molecule has 3 fully saturated rings. The number of aliphatic hydroxyl groups excluding tert-OH is 1. The molecular weight excluding hydrogens is 1410 g/mol. The Bertz CT molecular complexity index is 4180. The lowest BCUT2D eigenvalue weighted by atomic mass is 9.91. The summed E-state index contributed by atoms with van der Waals surface area (Å²) >= 11 is 1.57. The third kappa shape index (κ3) is 20.1. The number of aromatic hydroxyl groups is 1. The van der Waals surface area contributed by atoms with Crippen molar-refractivity contribution < 1.29 is 67.4 Å². The van der Waals surface area contributed by atoms with Crippen molar-refractivity contribution in [1.29, 1.82) is 0 Å². The number of unbranched alkanes of at least 4 members (excludes halogenated alkanes) is 2. The molecule has 30 nitrogen and oxygen atoms in total. The van der Waals surface area contributed by atoms with E-state index in [1.165, 1.54) is 22.0 Å². The number of para-hydroxylation sites is 1. The first-order valence-electron chi connectivity index (χ1n) is 37.2. The lowest BCUT2D eigenvalue weighted by Gasteiger charge is -2.48. The first-order valence-corrected chi connectivity index (χ1v) is 38.1. The highest BCUT2D eigenvalue weighted by atomic mass is 32.1. The van der Waals surface area contributed by atoms with E-state index in [0.717, 1.165) is 65.6 Å². The Hall–Kier alpha value is -10.4. The Morgan fingerprint density at radius 3 is 2.24 bits per heavy atom. The van der Waals surface area contributed by atoms with Crippen LogP contribution in [0.5, 0.6) is 11.6 Å². The molecule has 31 heteroatoms. The number of primary amides is 1. The fourth-order valence-electron chi connectivity index (χ4n) is 14.6. The van der Waals surface area contributed by atoms with Crippen LogP contribution in [0, 0.1) is 24.7 Å². The number of aryl methyl sites for hydroxylation is 1. The van der Waals surface area contributed by atoms with Crippen molar-refractivity contribution in [2.24, 2.45) is 23.5 Å². The summed E-state index contributed by atoms with van der Waals surface area (Å²) < 4.78 is 17.9. The van der Waals surface area contributed by atoms with E-state index in [1.54, 1.807) is 79.8 Å². The minimum atomic E-state index is -1.09. The molecule has 0 bridgehead atoms. The van der Waals surface area contributed by atoms with E-state index >= 15 is 0 Å². The van der Waals surface area contributed by atoms with Gasteiger partial charge < -0.3 is 66.3 Å². The number of β-amino-alcohol motifs (C(OH)–C–C–N with tert-alkyl or cyclic N) is 1. The molecule has 5 aliphatic heterocycles. The number of ether oxygens (including phenoxy) is 2. The summed E-state index contributed by atoms with van der Waals surface area (Å²) in [6.07, 6.45) is 4.99. The molecule has 576 valence electrons. The van der Waals surface area contributed by atoms with Crippen molar-refractivity contribution in [2.75, 3.05) is 93.7 Å². The highest BCUT2D eigenvalue weighted by Crippen LogP contribution is 2.40. The number of benzene rings is 3. The summed E-state index contributed by atoms with van der Waals surface area (Å²) in [7, 11) is 0. The molecule has 0 unspecified atom stereocenters. The average Bonchev–Trinajstić information content (AvgIpc) is 1.10. The summed E-state index contributed by atoms with van der Waals surface area (Å²) in [6, 6.07) is 20.8. The zero-order valence-corrected chi connectivity index (χ0v) is 62.7. The van der Waals surface area contributed by atoms with E-state index in [9.17, 15) is 53.4 Å². The van der Waals surface area contributed by atoms with Crippen LogP contribution in [-0.4, -0.2) is 212 Å². The SMILES string of the molecule is Cc1ncsc1-c1ccc([C@H](C)NC(=O)[C@@H]2C[C@@H](O)CN2C(=O)[C@@H](c2cc(OCCN3CCC(CN4CCN5c6cc(-c7ccccc7O)nnc6N(C(=O)OCc6ccc(NC(=O)[C@H](CCCNC(N)=O)NC(=O)[C@@H](NC(=O)CCCCCN7C(=O)C=CC7=O)C(C)C)cc6)C[C@H]5C4)CC3)no2)C(C)C)cc1. The highest BCUT2D eigenvalue weighted by molar-refractivity contribution is 7.13. The summed E-state index contributed by atoms with van der Waals surface area (Å²) in [5.74, 6) is -2.93. The number of hydrogen-bond donors (Lipinski definition) is 8. The van der Waals surface area contributed by atoms with E-state index < -0.39 is 54.1 Å². The summed E-state index contributed by atoms with van der Waals surface area (Å²) in [6.45, 7) is 17.4. The first kappa shape index (κ1) is 78.7. The number of phenolic OH excluding ortho intramolecular Hbond substituents is 1. The van der Waals surface area contributed by atoms with Gasteiger partial charge in [0.2, 0.25) is 29.5 Å². The quantitative estimate of drug-likeness (QED) is 0.0159. The molecule has 3 aromatic carbocycles. The van der Waals surface area contributed by atoms with Gasteiger partial charge in [-0.05, 0) is 135 Å². The number of rotatable bonds is 32. The fourth-order valence-corrected chi connectivity index (χ4v) is 15.4. The van der Waals surface area contributed by atoms with Gasteiger partial charge >= 0.3 is 12.1 Å². The van der Waals surface area contributed by atoms with Crippen LogP contribution < -0.4 is 46.9 Å². The van der Waals surface area contributed by atoms with Gasteiger partial charge in [0.15, 0.2) is 11.6 Å². The number of amides is 10. The zero-order chi connectivity index (χ0) is 76.7. The number of likely N-dealkylation sites (tertiary alicyclic amines) is 2. The molecular formula is C77H98N16O14S. The predicted molar refractivity (Wildman–Crippen MR) is 403 cm³/mol. The molecule has 11 rings (SSSR count). The van der Waals surface area contributed by atoms with Gasteiger partial charge in [-0.2, -0.15) is 0 Å². The van der Waals surface area contributed by atoms with Crippen LogP contribution in [0.2, 0.25) is 0 Å². The minimum absolute atomic E-state index is 0.0126. The Labute approximate surface area is 631 Å². The second-order valence-electron chi connectivity index (χ2n) is 29.1. The fraction of sp³-hybridized carbons (Fsp3) is 0.494. The Morgan fingerprint density at radius 2 is 1.54 bits per heavy atom. The molecule has 0 spiro atoms. The second-order valence-corrected chi connectivity index (χ2v) is 30.0. The molecule has 5 aliphatic rings. The Morgan fingerprint density at radius 1 is 0.787 bits per heavy atom. The van der Waals surface area contributed by atoms with Gasteiger partial charge in [-0.15, -0.1) is 21.5 Å². The third-order valence-corrected chi connectivity index (χ3v) is 21.6. The number of piperidine rings is 1. The van der Waals surface area contributed by atoms with E-state index in [0.29, 0.717) is 91.2 Å². The Balaban J connectivity index is 0.649. The maximum atomic E-state index is 14.4. The molecule has 10 amide bonds. The van der Waals surface area contributed by atoms with Crippen LogP contribution in [0.4, 0.5) is 26.8 Å². The van der Waals surface area contributed by atoms with E-state index in [1.807, 2.05) is 63.5 Å². The van der Waals surface area contributed by atoms with Crippen molar-refractivity contribution in [1.82, 2.24) is 61.2 Å². The van der Waals surface area contributed by atoms with Crippen LogP contribution in [-0.2, 0) is 44.9 Å². The number of fused-ring (bicyclic) bond motifs is 3. The van der Waals surface area contributed by atoms with E-state index in [4.69, 9.17) is 19.7 Å². The number of carbonyl (C=O) groups is 9. The molecule has 6 aromatic rings. The average molecular weight is 1500 g/mol. The number of phenols is 1. The molecule has 0 aliphatic carbocycles. The first-order chi connectivity index (χ1) is 51.9. The molecule has 0 radical (unpaired) electrons. The van der Waals surface area contributed by atoms with Gasteiger partial charge in [0.05, 0.1) is 52.2 Å². The topological polar surface area (TPSA) is 383 Å². The van der Waals surface area contributed by atoms with Crippen LogP contribution in [0.15, 0.2) is 107 Å². The summed E-state index contributed by atoms with van der Waals surface area (Å²) in [4.78, 5) is 135. The van der Waals surface area contributed by atoms with Gasteiger partial charge in [-0.3, -0.25) is 53.2 Å². The minimum Gasteiger partial charge on any atom is -0.507 e. The van der Waals surface area contributed by atoms with Crippen molar-refractivity contribution in [3.8, 4) is 33.3 Å². The van der Waals surface area contributed by atoms with Crippen LogP contribution in [0.25, 0.3) is 21.7 Å². The van der Waals surface area contributed by atoms with Crippen LogP contribution in [0.3, 0.4) is 0 Å². The van der Waals surface area contributed by atoms with Crippen molar-refractivity contribution in [2.45, 2.75) is 148 Å². The third-order valence-electron chi connectivity index (χ3n) is 20.6. The predicted octanol–water partition coefficient (Wildman–Crippen LogP) is 6.78. The summed E-state index contributed by atoms with van der Waals surface area (Å²) in [5, 5.41) is 49.0. The zero-order valence-electron chi connectivity index (χ0n) is 61.9. The lowest BCUT2D eigenvalue weighted by Crippen LogP contribution is -2.61. The maximum Gasteiger partial charge on any atom is 0.415 e. The lowest BCUT2D eigenvalue weighted by molar-refractivity contribution is -0.141. The molecule has 3 saturated heterocycles. The number of anilines is 3. The number of imide groups is 1. The molecule has 108 heavy (non-hydrogen) atoms. The van der Waals surface area contributed by atoms with Gasteiger partial charge in [0.1, 0.15) is 43.0 Å². The number of nitrogens with two attached hydrogens (primary N) is 1. The largest absolute Gasteiger partial charge is 0.507 e. The number of nitrogens with zero attached hydrogens (tertiary/aromatic N) is 10. The van der Waals surface area contributed by atoms with Crippen LogP contribution >= 0.6 is 11.3 Å². The second kappa shape index (κ2) is 36.5. The number of carbonyl (C=O) groups excluding carboxylic acids is 9. The van der Waals surface area contributed by atoms with Gasteiger partial charge in [0.25, 0.3) is 17.7 Å². The highest BCUT2D eigenvalue weighted by Gasteiger charge is 2.45. The molecule has 7 atom stereocenters. The monoisotopic (exact) mass is 1500 g/mol. The normalized spacial score (nSPS) is 18.7. The number of nitrogens with one attached hydrogen (secondary N) is 5. The number of hydrogen-bond acceptors (Lipinski definition) is 22. The van der Waals surface area contributed by atoms with Gasteiger partial charge in [-0.1, -0.05) is 82.6 Å². The van der Waals surface area contributed by atoms with Crippen molar-refractivity contribution >= 4 is 82.0 Å². The smallest absolute Gasteiger partial charge is 0.415 e. The number of piperazine rings is 1. The molecule has 0 saturated carbocycles. The number of thiazole rings is 1. The van der Waals surface area contributed by atoms with Crippen LogP contribution in [0.1, 0.15) is 127 Å². The molecule has 8 heterocycles. The van der Waals surface area contributed by atoms with Gasteiger partial charge in [-0.25, -0.2) is 14.6 Å². The number of urea groups is 1. The van der Waals surface area contributed by atoms with Gasteiger partial charge in [0, 0.05) is 94.7 Å². The van der Waals surface area contributed by atoms with Crippen molar-refractivity contribution in [3.05, 3.63) is 125 Å². The number of aromatic nitrogens is 4. The molecule has 3 aromatic heterocycles. The van der Waals surface area contributed by atoms with E-state index in [2.05, 4.69) is 61.6 Å².